The first-order chi connectivity index (χ1) is 16.5. The van der Waals surface area contributed by atoms with E-state index in [0.717, 1.165) is 72.2 Å². The summed E-state index contributed by atoms with van der Waals surface area (Å²) >= 11 is 0. The Balaban J connectivity index is 1.29. The molecule has 6 rings (SSSR count). The average Bonchev–Trinajstić information content (AvgIpc) is 3.45. The quantitative estimate of drug-likeness (QED) is 0.510. The summed E-state index contributed by atoms with van der Waals surface area (Å²) in [5, 5.41) is 0.940. The molecule has 1 amide bonds. The predicted octanol–water partition coefficient (Wildman–Crippen LogP) is 2.54. The first kappa shape index (κ1) is 20.9. The van der Waals surface area contributed by atoms with E-state index in [4.69, 9.17) is 0 Å². The number of carbonyl (C=O) groups is 1. The zero-order valence-electron chi connectivity index (χ0n) is 19.5. The Morgan fingerprint density at radius 3 is 2.76 bits per heavy atom. The van der Waals surface area contributed by atoms with Crippen LogP contribution in [0.4, 0.5) is 5.82 Å². The van der Waals surface area contributed by atoms with Gasteiger partial charge in [0.2, 0.25) is 0 Å². The van der Waals surface area contributed by atoms with Crippen LogP contribution in [-0.4, -0.2) is 80.0 Å². The monoisotopic (exact) mass is 456 g/mol. The van der Waals surface area contributed by atoms with Crippen molar-refractivity contribution in [3.63, 3.8) is 0 Å². The molecule has 6 heterocycles. The summed E-state index contributed by atoms with van der Waals surface area (Å²) in [6.45, 7) is 7.93. The molecule has 1 fully saturated rings. The third-order valence-electron chi connectivity index (χ3n) is 6.87. The van der Waals surface area contributed by atoms with E-state index in [1.54, 1.807) is 6.20 Å². The smallest absolute Gasteiger partial charge is 0.255 e. The van der Waals surface area contributed by atoms with Crippen molar-refractivity contribution >= 4 is 22.8 Å². The van der Waals surface area contributed by atoms with Crippen molar-refractivity contribution in [1.82, 2.24) is 34.3 Å². The zero-order chi connectivity index (χ0) is 23.2. The van der Waals surface area contributed by atoms with Gasteiger partial charge in [0, 0.05) is 75.0 Å². The van der Waals surface area contributed by atoms with Gasteiger partial charge in [-0.2, -0.15) is 0 Å². The standard InChI is InChI=1S/C25H28N8O/c1-17-15-32-9-10-33(16-23(32)29-17)25(34)19-11-20-21(14-28-24(20)27-13-19)18-3-4-26-22(12-18)31-7-5-30(2)6-8-31/h3-4,11-15H,5-10,16H2,1-2H3,(H,27,28). The molecule has 1 saturated heterocycles. The van der Waals surface area contributed by atoms with Gasteiger partial charge >= 0.3 is 0 Å². The maximum absolute atomic E-state index is 13.3. The number of rotatable bonds is 3. The van der Waals surface area contributed by atoms with Crippen molar-refractivity contribution in [2.24, 2.45) is 0 Å². The maximum Gasteiger partial charge on any atom is 0.255 e. The number of pyridine rings is 2. The minimum absolute atomic E-state index is 0.0127. The Hall–Kier alpha value is -3.72. The van der Waals surface area contributed by atoms with Gasteiger partial charge in [0.1, 0.15) is 17.3 Å². The Morgan fingerprint density at radius 2 is 1.91 bits per heavy atom. The highest BCUT2D eigenvalue weighted by molar-refractivity contribution is 6.01. The van der Waals surface area contributed by atoms with Gasteiger partial charge in [0.05, 0.1) is 17.8 Å². The highest BCUT2D eigenvalue weighted by Gasteiger charge is 2.24. The largest absolute Gasteiger partial charge is 0.354 e. The number of amides is 1. The molecular weight excluding hydrogens is 428 g/mol. The number of likely N-dealkylation sites (N-methyl/N-ethyl adjacent to an activating group) is 1. The Kier molecular flexibility index (Phi) is 5.06. The first-order valence-corrected chi connectivity index (χ1v) is 11.7. The molecule has 0 aliphatic carbocycles. The van der Waals surface area contributed by atoms with E-state index in [-0.39, 0.29) is 5.91 Å². The van der Waals surface area contributed by atoms with Gasteiger partial charge in [-0.15, -0.1) is 0 Å². The normalized spacial score (nSPS) is 16.8. The molecule has 1 N–H and O–H groups in total. The van der Waals surface area contributed by atoms with E-state index in [0.29, 0.717) is 18.7 Å². The molecule has 0 saturated carbocycles. The van der Waals surface area contributed by atoms with Crippen LogP contribution in [0.5, 0.6) is 0 Å². The molecule has 4 aromatic rings. The topological polar surface area (TPSA) is 86.2 Å². The summed E-state index contributed by atoms with van der Waals surface area (Å²) in [6, 6.07) is 6.11. The van der Waals surface area contributed by atoms with Gasteiger partial charge < -0.3 is 24.3 Å². The summed E-state index contributed by atoms with van der Waals surface area (Å²) in [7, 11) is 2.15. The summed E-state index contributed by atoms with van der Waals surface area (Å²) in [5.74, 6) is 1.90. The fourth-order valence-corrected chi connectivity index (χ4v) is 4.90. The molecule has 0 unspecified atom stereocenters. The van der Waals surface area contributed by atoms with Crippen LogP contribution in [0.3, 0.4) is 0 Å². The lowest BCUT2D eigenvalue weighted by molar-refractivity contribution is 0.0707. The summed E-state index contributed by atoms with van der Waals surface area (Å²) in [4.78, 5) is 36.8. The zero-order valence-corrected chi connectivity index (χ0v) is 19.5. The Bertz CT molecular complexity index is 1360. The minimum Gasteiger partial charge on any atom is -0.354 e. The number of carbonyl (C=O) groups excluding carboxylic acids is 1. The van der Waals surface area contributed by atoms with Crippen molar-refractivity contribution in [3.8, 4) is 11.1 Å². The van der Waals surface area contributed by atoms with Crippen molar-refractivity contribution in [1.29, 1.82) is 0 Å². The van der Waals surface area contributed by atoms with E-state index in [1.165, 1.54) is 0 Å². The van der Waals surface area contributed by atoms with E-state index < -0.39 is 0 Å². The minimum atomic E-state index is -0.0127. The van der Waals surface area contributed by atoms with E-state index in [2.05, 4.69) is 47.4 Å². The molecule has 9 heteroatoms. The third-order valence-corrected chi connectivity index (χ3v) is 6.87. The molecule has 2 aliphatic rings. The van der Waals surface area contributed by atoms with Crippen LogP contribution in [0.1, 0.15) is 21.9 Å². The predicted molar refractivity (Wildman–Crippen MR) is 131 cm³/mol. The number of nitrogens with one attached hydrogen (secondary N) is 1. The second-order valence-electron chi connectivity index (χ2n) is 9.23. The molecule has 9 nitrogen and oxygen atoms in total. The highest BCUT2D eigenvalue weighted by Crippen LogP contribution is 2.30. The van der Waals surface area contributed by atoms with Crippen LogP contribution >= 0.6 is 0 Å². The molecule has 0 aromatic carbocycles. The maximum atomic E-state index is 13.3. The Morgan fingerprint density at radius 1 is 1.06 bits per heavy atom. The summed E-state index contributed by atoms with van der Waals surface area (Å²) in [6.07, 6.45) is 7.54. The van der Waals surface area contributed by atoms with Crippen molar-refractivity contribution in [2.75, 3.05) is 44.7 Å². The molecule has 4 aromatic heterocycles. The lowest BCUT2D eigenvalue weighted by atomic mass is 10.1. The summed E-state index contributed by atoms with van der Waals surface area (Å²) < 4.78 is 2.13. The van der Waals surface area contributed by atoms with Crippen molar-refractivity contribution < 1.29 is 4.79 Å². The lowest BCUT2D eigenvalue weighted by Crippen LogP contribution is -2.44. The number of aryl methyl sites for hydroxylation is 1. The van der Waals surface area contributed by atoms with Crippen molar-refractivity contribution in [2.45, 2.75) is 20.0 Å². The highest BCUT2D eigenvalue weighted by atomic mass is 16.2. The van der Waals surface area contributed by atoms with Gasteiger partial charge in [-0.3, -0.25) is 4.79 Å². The number of aromatic amines is 1. The Labute approximate surface area is 198 Å². The summed E-state index contributed by atoms with van der Waals surface area (Å²) in [5.41, 5.74) is 4.45. The van der Waals surface area contributed by atoms with Gasteiger partial charge in [0.15, 0.2) is 0 Å². The van der Waals surface area contributed by atoms with Gasteiger partial charge in [-0.25, -0.2) is 15.0 Å². The second kappa shape index (κ2) is 8.25. The van der Waals surface area contributed by atoms with E-state index >= 15 is 0 Å². The molecular formula is C25H28N8O. The number of anilines is 1. The second-order valence-corrected chi connectivity index (χ2v) is 9.23. The number of hydrogen-bond acceptors (Lipinski definition) is 6. The number of aromatic nitrogens is 5. The first-order valence-electron chi connectivity index (χ1n) is 11.7. The molecule has 0 atom stereocenters. The number of piperazine rings is 1. The van der Waals surface area contributed by atoms with E-state index in [1.807, 2.05) is 42.5 Å². The fraction of sp³-hybridized carbons (Fsp3) is 0.360. The van der Waals surface area contributed by atoms with Crippen LogP contribution in [0.15, 0.2) is 43.0 Å². The van der Waals surface area contributed by atoms with Crippen LogP contribution in [0, 0.1) is 6.92 Å². The number of H-pyrrole nitrogens is 1. The van der Waals surface area contributed by atoms with Crippen LogP contribution in [0.25, 0.3) is 22.2 Å². The van der Waals surface area contributed by atoms with Crippen LogP contribution in [-0.2, 0) is 13.1 Å². The van der Waals surface area contributed by atoms with Gasteiger partial charge in [-0.05, 0) is 37.7 Å². The third kappa shape index (κ3) is 3.71. The number of nitrogens with zero attached hydrogens (tertiary/aromatic N) is 7. The fourth-order valence-electron chi connectivity index (χ4n) is 4.90. The van der Waals surface area contributed by atoms with Crippen molar-refractivity contribution in [3.05, 3.63) is 60.1 Å². The lowest BCUT2D eigenvalue weighted by Gasteiger charge is -2.33. The molecule has 2 aliphatic heterocycles. The van der Waals surface area contributed by atoms with Gasteiger partial charge in [0.25, 0.3) is 5.91 Å². The van der Waals surface area contributed by atoms with E-state index in [9.17, 15) is 4.79 Å². The average molecular weight is 457 g/mol. The molecule has 0 bridgehead atoms. The number of hydrogen-bond donors (Lipinski definition) is 1. The van der Waals surface area contributed by atoms with Crippen LogP contribution < -0.4 is 4.90 Å². The molecule has 0 radical (unpaired) electrons. The van der Waals surface area contributed by atoms with Crippen LogP contribution in [0.2, 0.25) is 0 Å². The molecule has 34 heavy (non-hydrogen) atoms. The molecule has 0 spiro atoms. The number of imidazole rings is 1. The number of fused-ring (bicyclic) bond motifs is 2. The SMILES string of the molecule is Cc1cn2c(n1)CN(C(=O)c1cnc3[nH]cc(-c4ccnc(N5CCN(C)CC5)c4)c3c1)CC2. The molecule has 174 valence electrons. The van der Waals surface area contributed by atoms with Gasteiger partial charge in [-0.1, -0.05) is 0 Å².